The molecule has 0 fully saturated rings. The van der Waals surface area contributed by atoms with Gasteiger partial charge in [0.05, 0.1) is 0 Å². The molecule has 0 aliphatic heterocycles. The molecular formula is H6Mg3Na3O4P. The minimum atomic E-state index is -5.39. The van der Waals surface area contributed by atoms with Gasteiger partial charge in [0.2, 0.25) is 0 Å². The molecule has 0 rings (SSSR count). The van der Waals surface area contributed by atoms with Gasteiger partial charge in [-0.05, 0) is 0 Å². The van der Waals surface area contributed by atoms with Crippen molar-refractivity contribution in [3.63, 3.8) is 0 Å². The van der Waals surface area contributed by atoms with Gasteiger partial charge in [-0.25, -0.2) is 0 Å². The van der Waals surface area contributed by atoms with Gasteiger partial charge in [-0.2, -0.15) is 7.82 Å². The van der Waals surface area contributed by atoms with Crippen LogP contribution in [0, 0.1) is 0 Å². The van der Waals surface area contributed by atoms with Gasteiger partial charge in [0.15, 0.2) is 0 Å². The zero-order valence-electron chi connectivity index (χ0n) is 5.08. The first-order valence-electron chi connectivity index (χ1n) is 0.730. The fraction of sp³-hybridized carbons (Fsp3) is 0. The van der Waals surface area contributed by atoms with E-state index in [1.165, 1.54) is 0 Å². The van der Waals surface area contributed by atoms with Crippen LogP contribution in [0.15, 0.2) is 0 Å². The summed E-state index contributed by atoms with van der Waals surface area (Å²) in [5.74, 6) is 0. The summed E-state index contributed by atoms with van der Waals surface area (Å²) in [6, 6.07) is 0. The molecule has 11 heavy (non-hydrogen) atoms. The van der Waals surface area contributed by atoms with E-state index in [9.17, 15) is 0 Å². The van der Waals surface area contributed by atoms with Crippen molar-refractivity contribution < 1.29 is 108 Å². The third kappa shape index (κ3) is 94.7. The van der Waals surface area contributed by atoms with Crippen LogP contribution in [0.5, 0.6) is 0 Å². The summed E-state index contributed by atoms with van der Waals surface area (Å²) < 4.78 is 8.55. The van der Waals surface area contributed by atoms with Gasteiger partial charge in [0.1, 0.15) is 0 Å². The van der Waals surface area contributed by atoms with Gasteiger partial charge in [-0.1, -0.05) is 0 Å². The Balaban J connectivity index is -0.00000000533. The standard InChI is InChI=1S/3Mg.3Na.H3O4P.6H/c;;;;;;1-5(2,3)4;;;;;;/h;;;;;;(H3,1,2,3,4);;;;;;/q;;;3*+1;;;;;;;/p-3. The molecule has 0 radical (unpaired) electrons. The van der Waals surface area contributed by atoms with Gasteiger partial charge < -0.3 is 19.2 Å². The van der Waals surface area contributed by atoms with E-state index in [-0.39, 0.29) is 158 Å². The Morgan fingerprint density at radius 1 is 0.727 bits per heavy atom. The quantitative estimate of drug-likeness (QED) is 0.312. The van der Waals surface area contributed by atoms with Crippen LogP contribution in [0.2, 0.25) is 0 Å². The Labute approximate surface area is 180 Å². The van der Waals surface area contributed by atoms with Gasteiger partial charge in [-0.3, -0.25) is 0 Å². The van der Waals surface area contributed by atoms with Crippen molar-refractivity contribution in [1.82, 2.24) is 0 Å². The first-order valence-corrected chi connectivity index (χ1v) is 2.19. The van der Waals surface area contributed by atoms with Crippen molar-refractivity contribution in [3.8, 4) is 0 Å². The van der Waals surface area contributed by atoms with E-state index in [0.29, 0.717) is 0 Å². The first-order chi connectivity index (χ1) is 2.00. The Morgan fingerprint density at radius 2 is 0.727 bits per heavy atom. The molecule has 0 heterocycles. The van der Waals surface area contributed by atoms with Gasteiger partial charge >= 0.3 is 158 Å². The molecule has 0 amide bonds. The van der Waals surface area contributed by atoms with Crippen LogP contribution < -0.4 is 103 Å². The van der Waals surface area contributed by atoms with Crippen LogP contribution in [0.3, 0.4) is 0 Å². The maximum Gasteiger partial charge on any atom is 1.00 e. The van der Waals surface area contributed by atoms with Gasteiger partial charge in [0.25, 0.3) is 0 Å². The predicted octanol–water partition coefficient (Wildman–Crippen LogP) is -14.6. The molecule has 0 bridgehead atoms. The topological polar surface area (TPSA) is 86.2 Å². The van der Waals surface area contributed by atoms with Crippen molar-refractivity contribution >= 4 is 77.0 Å². The molecule has 0 saturated heterocycles. The van der Waals surface area contributed by atoms with Crippen LogP contribution in [0.4, 0.5) is 0 Å². The molecule has 0 aromatic carbocycles. The van der Waals surface area contributed by atoms with E-state index in [1.807, 2.05) is 0 Å². The van der Waals surface area contributed by atoms with Crippen molar-refractivity contribution in [1.29, 1.82) is 0 Å². The molecular weight excluding hydrogens is 237 g/mol. The Hall–Kier alpha value is 5.41. The maximum absolute atomic E-state index is 8.55. The summed E-state index contributed by atoms with van der Waals surface area (Å²) in [6.07, 6.45) is 0. The Morgan fingerprint density at radius 3 is 0.727 bits per heavy atom. The van der Waals surface area contributed by atoms with Crippen molar-refractivity contribution in [2.45, 2.75) is 0 Å². The summed E-state index contributed by atoms with van der Waals surface area (Å²) in [5.41, 5.74) is 0. The maximum atomic E-state index is 8.55. The molecule has 0 spiro atoms. The van der Waals surface area contributed by atoms with Crippen molar-refractivity contribution in [3.05, 3.63) is 0 Å². The molecule has 0 unspecified atom stereocenters. The smallest absolute Gasteiger partial charge is 0.822 e. The van der Waals surface area contributed by atoms with Crippen molar-refractivity contribution in [2.75, 3.05) is 0 Å². The summed E-state index contributed by atoms with van der Waals surface area (Å²) >= 11 is 0. The fourth-order valence-electron chi connectivity index (χ4n) is 0. The van der Waals surface area contributed by atoms with Gasteiger partial charge in [-0.15, -0.1) is 0 Å². The molecule has 4 nitrogen and oxygen atoms in total. The minimum Gasteiger partial charge on any atom is -0.822 e. The monoisotopic (exact) mass is 242 g/mol. The van der Waals surface area contributed by atoms with E-state index in [0.717, 1.165) is 0 Å². The van der Waals surface area contributed by atoms with Crippen LogP contribution in [0.1, 0.15) is 0 Å². The molecule has 44 valence electrons. The number of phosphoric acid groups is 1. The van der Waals surface area contributed by atoms with Crippen LogP contribution in [-0.2, 0) is 4.57 Å². The second kappa shape index (κ2) is 24.6. The number of hydrogen-bond donors (Lipinski definition) is 0. The first kappa shape index (κ1) is 44.0. The van der Waals surface area contributed by atoms with Gasteiger partial charge in [0, 0.05) is 0 Å². The van der Waals surface area contributed by atoms with E-state index >= 15 is 0 Å². The minimum absolute atomic E-state index is 0. The second-order valence-corrected chi connectivity index (χ2v) is 1.34. The molecule has 0 aromatic rings. The molecule has 0 aliphatic carbocycles. The summed E-state index contributed by atoms with van der Waals surface area (Å²) in [6.45, 7) is 0. The SMILES string of the molecule is O=P([O-])([O-])[O-].[MgH2].[MgH2].[MgH2].[Na+].[Na+].[Na+]. The summed E-state index contributed by atoms with van der Waals surface area (Å²) in [7, 11) is -5.39. The third-order valence-corrected chi connectivity index (χ3v) is 0. The summed E-state index contributed by atoms with van der Waals surface area (Å²) in [4.78, 5) is 25.6. The zero-order valence-corrected chi connectivity index (χ0v) is 12.0. The Bertz CT molecular complexity index is 66.7. The second-order valence-electron chi connectivity index (χ2n) is 0.447. The van der Waals surface area contributed by atoms with E-state index in [4.69, 9.17) is 19.2 Å². The average Bonchev–Trinajstić information content (AvgIpc) is 0.722. The molecule has 11 heteroatoms. The third-order valence-electron chi connectivity index (χ3n) is 0. The zero-order chi connectivity index (χ0) is 4.50. The van der Waals surface area contributed by atoms with Crippen LogP contribution in [0.25, 0.3) is 0 Å². The van der Waals surface area contributed by atoms with E-state index < -0.39 is 7.82 Å². The molecule has 0 aromatic heterocycles. The number of hydrogen-bond acceptors (Lipinski definition) is 4. The van der Waals surface area contributed by atoms with Crippen LogP contribution in [-0.4, -0.2) is 69.2 Å². The molecule has 0 N–H and O–H groups in total. The van der Waals surface area contributed by atoms with E-state index in [1.54, 1.807) is 0 Å². The fourth-order valence-corrected chi connectivity index (χ4v) is 0. The largest absolute Gasteiger partial charge is 1.00 e. The average molecular weight is 243 g/mol. The molecule has 0 aliphatic rings. The van der Waals surface area contributed by atoms with Crippen LogP contribution >= 0.6 is 7.82 Å². The predicted molar refractivity (Wildman–Crippen MR) is 33.2 cm³/mol. The molecule has 0 atom stereocenters. The van der Waals surface area contributed by atoms with Crippen molar-refractivity contribution in [2.24, 2.45) is 0 Å². The number of rotatable bonds is 0. The Kier molecular flexibility index (Phi) is 98.3. The molecule has 0 saturated carbocycles. The van der Waals surface area contributed by atoms with E-state index in [2.05, 4.69) is 0 Å². The summed E-state index contributed by atoms with van der Waals surface area (Å²) in [5, 5.41) is 0. The normalized spacial score (nSPS) is 5.36.